The van der Waals surface area contributed by atoms with Crippen LogP contribution in [0.15, 0.2) is 0 Å². The fourth-order valence-electron chi connectivity index (χ4n) is 2.73. The second-order valence-corrected chi connectivity index (χ2v) is 5.30. The molecule has 0 bridgehead atoms. The minimum atomic E-state index is -0.309. The van der Waals surface area contributed by atoms with Gasteiger partial charge in [0.2, 0.25) is 11.8 Å². The molecule has 2 aliphatic rings. The van der Waals surface area contributed by atoms with Gasteiger partial charge in [-0.2, -0.15) is 0 Å². The van der Waals surface area contributed by atoms with Crippen LogP contribution in [0, 0.1) is 0 Å². The van der Waals surface area contributed by atoms with Crippen molar-refractivity contribution in [2.24, 2.45) is 0 Å². The predicted molar refractivity (Wildman–Crippen MR) is 70.2 cm³/mol. The second kappa shape index (κ2) is 6.51. The standard InChI is InChI=1S/C13H22N2O5/c1-14-11(16)7-19-10-5-13(20-6-10)3-4-15(9-13)12(17)8-18-2/h10H,3-9H2,1-2H3,(H,14,16). The molecule has 2 heterocycles. The molecular weight excluding hydrogens is 264 g/mol. The minimum Gasteiger partial charge on any atom is -0.375 e. The van der Waals surface area contributed by atoms with Crippen LogP contribution in [0.4, 0.5) is 0 Å². The van der Waals surface area contributed by atoms with E-state index < -0.39 is 0 Å². The molecule has 20 heavy (non-hydrogen) atoms. The number of ether oxygens (including phenoxy) is 3. The summed E-state index contributed by atoms with van der Waals surface area (Å²) in [5.74, 6) is -0.156. The minimum absolute atomic E-state index is 0.0114. The number of likely N-dealkylation sites (tertiary alicyclic amines) is 1. The zero-order valence-electron chi connectivity index (χ0n) is 12.0. The van der Waals surface area contributed by atoms with Gasteiger partial charge in [0, 0.05) is 33.7 Å². The molecule has 1 N–H and O–H groups in total. The van der Waals surface area contributed by atoms with E-state index in [1.165, 1.54) is 7.11 Å². The SMILES string of the molecule is CNC(=O)COC1COC2(CCN(C(=O)COC)C2)C1. The molecule has 0 aromatic heterocycles. The summed E-state index contributed by atoms with van der Waals surface area (Å²) < 4.78 is 16.2. The zero-order valence-corrected chi connectivity index (χ0v) is 12.0. The van der Waals surface area contributed by atoms with Gasteiger partial charge in [-0.15, -0.1) is 0 Å². The van der Waals surface area contributed by atoms with Crippen LogP contribution >= 0.6 is 0 Å². The van der Waals surface area contributed by atoms with Crippen LogP contribution in [0.2, 0.25) is 0 Å². The fraction of sp³-hybridized carbons (Fsp3) is 0.846. The third-order valence-corrected chi connectivity index (χ3v) is 3.84. The van der Waals surface area contributed by atoms with Gasteiger partial charge in [-0.1, -0.05) is 0 Å². The normalized spacial score (nSPS) is 29.1. The number of rotatable bonds is 5. The average Bonchev–Trinajstić information content (AvgIpc) is 3.04. The van der Waals surface area contributed by atoms with E-state index in [1.807, 2.05) is 0 Å². The predicted octanol–water partition coefficient (Wildman–Crippen LogP) is -0.845. The first-order chi connectivity index (χ1) is 9.58. The van der Waals surface area contributed by atoms with Crippen LogP contribution in [-0.2, 0) is 23.8 Å². The summed E-state index contributed by atoms with van der Waals surface area (Å²) in [5.41, 5.74) is -0.309. The number of amides is 2. The van der Waals surface area contributed by atoms with E-state index in [0.29, 0.717) is 19.7 Å². The quantitative estimate of drug-likeness (QED) is 0.713. The Morgan fingerprint density at radius 2 is 2.25 bits per heavy atom. The number of nitrogens with zero attached hydrogens (tertiary/aromatic N) is 1. The van der Waals surface area contributed by atoms with E-state index in [1.54, 1.807) is 11.9 Å². The van der Waals surface area contributed by atoms with Crippen LogP contribution in [0.5, 0.6) is 0 Å². The molecule has 2 saturated heterocycles. The van der Waals surface area contributed by atoms with Crippen LogP contribution in [0.25, 0.3) is 0 Å². The van der Waals surface area contributed by atoms with Crippen molar-refractivity contribution < 1.29 is 23.8 Å². The van der Waals surface area contributed by atoms with Crippen molar-refractivity contribution in [2.45, 2.75) is 24.5 Å². The second-order valence-electron chi connectivity index (χ2n) is 5.30. The molecule has 7 heteroatoms. The molecule has 2 fully saturated rings. The summed E-state index contributed by atoms with van der Waals surface area (Å²) in [6, 6.07) is 0. The first kappa shape index (κ1) is 15.2. The van der Waals surface area contributed by atoms with Gasteiger partial charge in [-0.25, -0.2) is 0 Å². The molecule has 2 rings (SSSR count). The molecule has 0 aliphatic carbocycles. The van der Waals surface area contributed by atoms with Gasteiger partial charge >= 0.3 is 0 Å². The number of hydrogen-bond donors (Lipinski definition) is 1. The smallest absolute Gasteiger partial charge is 0.248 e. The number of carbonyl (C=O) groups is 2. The Hall–Kier alpha value is -1.18. The third-order valence-electron chi connectivity index (χ3n) is 3.84. The van der Waals surface area contributed by atoms with Crippen LogP contribution in [0.1, 0.15) is 12.8 Å². The first-order valence-electron chi connectivity index (χ1n) is 6.81. The molecule has 2 amide bonds. The van der Waals surface area contributed by atoms with Crippen LogP contribution < -0.4 is 5.32 Å². The monoisotopic (exact) mass is 286 g/mol. The van der Waals surface area contributed by atoms with E-state index in [2.05, 4.69) is 5.32 Å². The highest BCUT2D eigenvalue weighted by molar-refractivity contribution is 5.78. The Bertz CT molecular complexity index is 376. The Morgan fingerprint density at radius 3 is 2.95 bits per heavy atom. The molecule has 1 spiro atoms. The van der Waals surface area contributed by atoms with E-state index in [-0.39, 0.29) is 36.7 Å². The highest BCUT2D eigenvalue weighted by atomic mass is 16.6. The van der Waals surface area contributed by atoms with Gasteiger partial charge in [-0.3, -0.25) is 9.59 Å². The number of hydrogen-bond acceptors (Lipinski definition) is 5. The average molecular weight is 286 g/mol. The largest absolute Gasteiger partial charge is 0.375 e. The Labute approximate surface area is 118 Å². The van der Waals surface area contributed by atoms with Crippen LogP contribution in [0.3, 0.4) is 0 Å². The van der Waals surface area contributed by atoms with E-state index in [0.717, 1.165) is 12.8 Å². The summed E-state index contributed by atoms with van der Waals surface area (Å²) in [7, 11) is 3.09. The molecular formula is C13H22N2O5. The lowest BCUT2D eigenvalue weighted by Gasteiger charge is -2.23. The molecule has 114 valence electrons. The van der Waals surface area contributed by atoms with Gasteiger partial charge in [-0.05, 0) is 6.42 Å². The topological polar surface area (TPSA) is 77.1 Å². The number of methoxy groups -OCH3 is 1. The van der Waals surface area contributed by atoms with E-state index in [9.17, 15) is 9.59 Å². The van der Waals surface area contributed by atoms with Crippen molar-refractivity contribution in [2.75, 3.05) is 47.1 Å². The number of nitrogens with one attached hydrogen (secondary N) is 1. The zero-order chi connectivity index (χ0) is 14.6. The first-order valence-corrected chi connectivity index (χ1v) is 6.81. The summed E-state index contributed by atoms with van der Waals surface area (Å²) in [6.07, 6.45) is 1.45. The maximum atomic E-state index is 11.8. The molecule has 0 saturated carbocycles. The highest BCUT2D eigenvalue weighted by Crippen LogP contribution is 2.36. The lowest BCUT2D eigenvalue weighted by atomic mass is 9.98. The van der Waals surface area contributed by atoms with Crippen molar-refractivity contribution in [3.63, 3.8) is 0 Å². The van der Waals surface area contributed by atoms with Crippen molar-refractivity contribution in [1.29, 1.82) is 0 Å². The summed E-state index contributed by atoms with van der Waals surface area (Å²) in [5, 5.41) is 2.51. The maximum absolute atomic E-state index is 11.8. The Balaban J connectivity index is 1.80. The number of likely N-dealkylation sites (N-methyl/N-ethyl adjacent to an activating group) is 1. The van der Waals surface area contributed by atoms with E-state index in [4.69, 9.17) is 14.2 Å². The van der Waals surface area contributed by atoms with E-state index >= 15 is 0 Å². The van der Waals surface area contributed by atoms with Gasteiger partial charge in [0.15, 0.2) is 0 Å². The summed E-state index contributed by atoms with van der Waals surface area (Å²) in [6.45, 7) is 1.89. The Kier molecular flexibility index (Phi) is 4.95. The number of carbonyl (C=O) groups excluding carboxylic acids is 2. The molecule has 0 aromatic rings. The van der Waals surface area contributed by atoms with Crippen molar-refractivity contribution in [3.05, 3.63) is 0 Å². The maximum Gasteiger partial charge on any atom is 0.248 e. The lowest BCUT2D eigenvalue weighted by molar-refractivity contribution is -0.135. The van der Waals surface area contributed by atoms with Gasteiger partial charge in [0.25, 0.3) is 0 Å². The molecule has 2 atom stereocenters. The van der Waals surface area contributed by atoms with Gasteiger partial charge in [0.1, 0.15) is 13.2 Å². The third kappa shape index (κ3) is 3.47. The summed E-state index contributed by atoms with van der Waals surface area (Å²) in [4.78, 5) is 24.7. The fourth-order valence-corrected chi connectivity index (χ4v) is 2.73. The molecule has 7 nitrogen and oxygen atoms in total. The Morgan fingerprint density at radius 1 is 1.45 bits per heavy atom. The van der Waals surface area contributed by atoms with Gasteiger partial charge < -0.3 is 24.4 Å². The summed E-state index contributed by atoms with van der Waals surface area (Å²) >= 11 is 0. The van der Waals surface area contributed by atoms with Crippen LogP contribution in [-0.4, -0.2) is 75.5 Å². The lowest BCUT2D eigenvalue weighted by Crippen LogP contribution is -2.37. The van der Waals surface area contributed by atoms with Crippen molar-refractivity contribution in [3.8, 4) is 0 Å². The van der Waals surface area contributed by atoms with Crippen molar-refractivity contribution in [1.82, 2.24) is 10.2 Å². The molecule has 2 unspecified atom stereocenters. The highest BCUT2D eigenvalue weighted by Gasteiger charge is 2.47. The van der Waals surface area contributed by atoms with Gasteiger partial charge in [0.05, 0.1) is 18.3 Å². The molecule has 2 aliphatic heterocycles. The molecule has 0 radical (unpaired) electrons. The van der Waals surface area contributed by atoms with Crippen molar-refractivity contribution >= 4 is 11.8 Å². The molecule has 0 aromatic carbocycles.